The summed E-state index contributed by atoms with van der Waals surface area (Å²) in [5.41, 5.74) is -0.118. The van der Waals surface area contributed by atoms with Crippen molar-refractivity contribution in [2.45, 2.75) is 26.0 Å². The summed E-state index contributed by atoms with van der Waals surface area (Å²) >= 11 is 5.47. The molecule has 0 aliphatic carbocycles. The van der Waals surface area contributed by atoms with Crippen LogP contribution >= 0.6 is 11.6 Å². The fourth-order valence-electron chi connectivity index (χ4n) is 1.89. The molecule has 1 atom stereocenters. The SMILES string of the molecule is CCn1ccnc1CC(O)c1cc(F)c(Cl)cc1F. The first-order valence-electron chi connectivity index (χ1n) is 5.85. The summed E-state index contributed by atoms with van der Waals surface area (Å²) in [5.74, 6) is -0.866. The number of aliphatic hydroxyl groups excluding tert-OH is 1. The number of imidazole rings is 1. The van der Waals surface area contributed by atoms with Crippen LogP contribution in [-0.4, -0.2) is 14.7 Å². The summed E-state index contributed by atoms with van der Waals surface area (Å²) in [6.45, 7) is 2.62. The zero-order chi connectivity index (χ0) is 14.0. The van der Waals surface area contributed by atoms with Crippen LogP contribution in [0.1, 0.15) is 24.4 Å². The molecule has 6 heteroatoms. The summed E-state index contributed by atoms with van der Waals surface area (Å²) in [5, 5.41) is 9.70. The van der Waals surface area contributed by atoms with Gasteiger partial charge in [0.1, 0.15) is 17.5 Å². The summed E-state index contributed by atoms with van der Waals surface area (Å²) < 4.78 is 28.8. The maximum absolute atomic E-state index is 13.7. The molecule has 2 rings (SSSR count). The molecular formula is C13H13ClF2N2O. The van der Waals surface area contributed by atoms with E-state index in [1.807, 2.05) is 11.5 Å². The van der Waals surface area contributed by atoms with Crippen LogP contribution in [0.15, 0.2) is 24.5 Å². The number of aromatic nitrogens is 2. The molecule has 3 nitrogen and oxygen atoms in total. The molecule has 0 radical (unpaired) electrons. The van der Waals surface area contributed by atoms with E-state index in [1.165, 1.54) is 0 Å². The van der Waals surface area contributed by atoms with Gasteiger partial charge in [-0.05, 0) is 19.1 Å². The minimum atomic E-state index is -1.17. The largest absolute Gasteiger partial charge is 0.388 e. The fourth-order valence-corrected chi connectivity index (χ4v) is 2.04. The van der Waals surface area contributed by atoms with Crippen LogP contribution in [0.3, 0.4) is 0 Å². The normalized spacial score (nSPS) is 12.7. The van der Waals surface area contributed by atoms with Gasteiger partial charge in [0.15, 0.2) is 0 Å². The first-order valence-corrected chi connectivity index (χ1v) is 6.23. The molecule has 0 saturated carbocycles. The highest BCUT2D eigenvalue weighted by molar-refractivity contribution is 6.30. The summed E-state index contributed by atoms with van der Waals surface area (Å²) in [7, 11) is 0. The van der Waals surface area contributed by atoms with E-state index in [4.69, 9.17) is 11.6 Å². The highest BCUT2D eigenvalue weighted by Gasteiger charge is 2.18. The number of aliphatic hydroxyl groups is 1. The van der Waals surface area contributed by atoms with Crippen LogP contribution in [0.25, 0.3) is 0 Å². The lowest BCUT2D eigenvalue weighted by Gasteiger charge is -2.13. The number of hydrogen-bond donors (Lipinski definition) is 1. The lowest BCUT2D eigenvalue weighted by atomic mass is 10.1. The van der Waals surface area contributed by atoms with Crippen molar-refractivity contribution in [2.75, 3.05) is 0 Å². The van der Waals surface area contributed by atoms with Gasteiger partial charge in [-0.1, -0.05) is 11.6 Å². The third-order valence-corrected chi connectivity index (χ3v) is 3.21. The molecule has 19 heavy (non-hydrogen) atoms. The first kappa shape index (κ1) is 14.0. The number of hydrogen-bond acceptors (Lipinski definition) is 2. The van der Waals surface area contributed by atoms with E-state index in [-0.39, 0.29) is 17.0 Å². The third-order valence-electron chi connectivity index (χ3n) is 2.92. The Labute approximate surface area is 114 Å². The van der Waals surface area contributed by atoms with E-state index in [0.29, 0.717) is 12.4 Å². The van der Waals surface area contributed by atoms with Crippen LogP contribution < -0.4 is 0 Å². The van der Waals surface area contributed by atoms with Crippen LogP contribution in [0.4, 0.5) is 8.78 Å². The highest BCUT2D eigenvalue weighted by atomic mass is 35.5. The molecule has 0 fully saturated rings. The number of nitrogens with zero attached hydrogens (tertiary/aromatic N) is 2. The Morgan fingerprint density at radius 1 is 1.37 bits per heavy atom. The fraction of sp³-hybridized carbons (Fsp3) is 0.308. The molecule has 1 aromatic carbocycles. The predicted molar refractivity (Wildman–Crippen MR) is 67.9 cm³/mol. The summed E-state index contributed by atoms with van der Waals surface area (Å²) in [4.78, 5) is 4.08. The van der Waals surface area contributed by atoms with E-state index in [0.717, 1.165) is 12.1 Å². The van der Waals surface area contributed by atoms with Gasteiger partial charge >= 0.3 is 0 Å². The Hall–Kier alpha value is -1.46. The Bertz CT molecular complexity index is 586. The quantitative estimate of drug-likeness (QED) is 0.877. The van der Waals surface area contributed by atoms with Gasteiger partial charge in [-0.3, -0.25) is 0 Å². The molecule has 0 aliphatic heterocycles. The molecule has 1 unspecified atom stereocenters. The van der Waals surface area contributed by atoms with Gasteiger partial charge in [0.05, 0.1) is 11.1 Å². The van der Waals surface area contributed by atoms with Gasteiger partial charge in [0.2, 0.25) is 0 Å². The minimum absolute atomic E-state index is 0.110. The van der Waals surface area contributed by atoms with Crippen molar-refractivity contribution >= 4 is 11.6 Å². The summed E-state index contributed by atoms with van der Waals surface area (Å²) in [6.07, 6.45) is 2.31. The molecule has 1 heterocycles. The van der Waals surface area contributed by atoms with Gasteiger partial charge < -0.3 is 9.67 Å². The molecule has 0 spiro atoms. The maximum atomic E-state index is 13.7. The van der Waals surface area contributed by atoms with E-state index < -0.39 is 17.7 Å². The minimum Gasteiger partial charge on any atom is -0.388 e. The lowest BCUT2D eigenvalue weighted by Crippen LogP contribution is -2.10. The lowest BCUT2D eigenvalue weighted by molar-refractivity contribution is 0.169. The number of halogens is 3. The van der Waals surface area contributed by atoms with Crippen LogP contribution in [0.5, 0.6) is 0 Å². The molecular weight excluding hydrogens is 274 g/mol. The molecule has 102 valence electrons. The molecule has 0 amide bonds. The van der Waals surface area contributed by atoms with E-state index in [1.54, 1.807) is 12.4 Å². The number of aryl methyl sites for hydroxylation is 1. The van der Waals surface area contributed by atoms with Crippen molar-refractivity contribution in [1.82, 2.24) is 9.55 Å². The van der Waals surface area contributed by atoms with Gasteiger partial charge in [-0.25, -0.2) is 13.8 Å². The van der Waals surface area contributed by atoms with Crippen molar-refractivity contribution in [3.05, 3.63) is 52.6 Å². The van der Waals surface area contributed by atoms with Crippen molar-refractivity contribution < 1.29 is 13.9 Å². The van der Waals surface area contributed by atoms with E-state index in [9.17, 15) is 13.9 Å². The van der Waals surface area contributed by atoms with E-state index in [2.05, 4.69) is 4.98 Å². The second kappa shape index (κ2) is 5.67. The van der Waals surface area contributed by atoms with Gasteiger partial charge in [-0.2, -0.15) is 0 Å². The third kappa shape index (κ3) is 2.93. The molecule has 1 aromatic heterocycles. The number of rotatable bonds is 4. The van der Waals surface area contributed by atoms with Gasteiger partial charge in [0.25, 0.3) is 0 Å². The smallest absolute Gasteiger partial charge is 0.142 e. The van der Waals surface area contributed by atoms with Crippen LogP contribution in [0, 0.1) is 11.6 Å². The Morgan fingerprint density at radius 2 is 2.11 bits per heavy atom. The Morgan fingerprint density at radius 3 is 2.79 bits per heavy atom. The monoisotopic (exact) mass is 286 g/mol. The maximum Gasteiger partial charge on any atom is 0.142 e. The van der Waals surface area contributed by atoms with Crippen molar-refractivity contribution in [2.24, 2.45) is 0 Å². The Kier molecular flexibility index (Phi) is 4.17. The number of benzene rings is 1. The van der Waals surface area contributed by atoms with Gasteiger partial charge in [-0.15, -0.1) is 0 Å². The van der Waals surface area contributed by atoms with Crippen molar-refractivity contribution in [1.29, 1.82) is 0 Å². The molecule has 0 aliphatic rings. The van der Waals surface area contributed by atoms with Crippen molar-refractivity contribution in [3.8, 4) is 0 Å². The molecule has 0 saturated heterocycles. The first-order chi connectivity index (χ1) is 9.02. The highest BCUT2D eigenvalue weighted by Crippen LogP contribution is 2.25. The zero-order valence-electron chi connectivity index (χ0n) is 10.3. The van der Waals surface area contributed by atoms with Gasteiger partial charge in [0, 0.05) is 30.9 Å². The summed E-state index contributed by atoms with van der Waals surface area (Å²) in [6, 6.07) is 1.78. The van der Waals surface area contributed by atoms with Crippen LogP contribution in [-0.2, 0) is 13.0 Å². The second-order valence-corrected chi connectivity index (χ2v) is 4.54. The standard InChI is InChI=1S/C13H13ClF2N2O/c1-2-18-4-3-17-13(18)7-12(19)8-5-11(16)9(14)6-10(8)15/h3-6,12,19H,2,7H2,1H3. The van der Waals surface area contributed by atoms with Crippen LogP contribution in [0.2, 0.25) is 5.02 Å². The molecule has 0 bridgehead atoms. The Balaban J connectivity index is 2.25. The topological polar surface area (TPSA) is 38.0 Å². The average molecular weight is 287 g/mol. The second-order valence-electron chi connectivity index (χ2n) is 4.14. The molecule has 2 aromatic rings. The average Bonchev–Trinajstić information content (AvgIpc) is 2.80. The molecule has 1 N–H and O–H groups in total. The van der Waals surface area contributed by atoms with E-state index >= 15 is 0 Å². The predicted octanol–water partition coefficient (Wildman–Crippen LogP) is 3.11. The van der Waals surface area contributed by atoms with Crippen molar-refractivity contribution in [3.63, 3.8) is 0 Å². The zero-order valence-corrected chi connectivity index (χ0v) is 11.0.